The molecule has 0 aliphatic carbocycles. The van der Waals surface area contributed by atoms with E-state index in [2.05, 4.69) is 5.32 Å². The summed E-state index contributed by atoms with van der Waals surface area (Å²) in [5.41, 5.74) is 0.734. The first-order valence-electron chi connectivity index (χ1n) is 4.87. The SMILES string of the molecule is CC(C)C(=O)Nc1ccc2c(c1)OCO2. The molecular weight excluding hydrogens is 194 g/mol. The lowest BCUT2D eigenvalue weighted by molar-refractivity contribution is -0.118. The van der Waals surface area contributed by atoms with E-state index in [1.807, 2.05) is 13.8 Å². The van der Waals surface area contributed by atoms with Gasteiger partial charge in [0.2, 0.25) is 12.7 Å². The molecule has 0 bridgehead atoms. The number of fused-ring (bicyclic) bond motifs is 1. The summed E-state index contributed by atoms with van der Waals surface area (Å²) in [5.74, 6) is 1.36. The summed E-state index contributed by atoms with van der Waals surface area (Å²) in [6.45, 7) is 3.95. The molecule has 1 aliphatic rings. The van der Waals surface area contributed by atoms with Gasteiger partial charge in [-0.05, 0) is 12.1 Å². The second-order valence-electron chi connectivity index (χ2n) is 3.71. The lowest BCUT2D eigenvalue weighted by Gasteiger charge is -2.07. The van der Waals surface area contributed by atoms with E-state index in [0.717, 1.165) is 11.4 Å². The van der Waals surface area contributed by atoms with Crippen molar-refractivity contribution in [3.8, 4) is 11.5 Å². The molecule has 1 N–H and O–H groups in total. The van der Waals surface area contributed by atoms with Crippen molar-refractivity contribution in [1.29, 1.82) is 0 Å². The number of amides is 1. The second kappa shape index (κ2) is 3.81. The molecule has 80 valence electrons. The maximum absolute atomic E-state index is 11.4. The summed E-state index contributed by atoms with van der Waals surface area (Å²) in [4.78, 5) is 11.4. The van der Waals surface area contributed by atoms with Gasteiger partial charge in [0, 0.05) is 17.7 Å². The van der Waals surface area contributed by atoms with Gasteiger partial charge in [0.15, 0.2) is 11.5 Å². The van der Waals surface area contributed by atoms with Crippen molar-refractivity contribution in [3.63, 3.8) is 0 Å². The van der Waals surface area contributed by atoms with Crippen molar-refractivity contribution in [2.45, 2.75) is 13.8 Å². The number of nitrogens with one attached hydrogen (secondary N) is 1. The van der Waals surface area contributed by atoms with Gasteiger partial charge in [-0.25, -0.2) is 0 Å². The van der Waals surface area contributed by atoms with Crippen LogP contribution in [-0.4, -0.2) is 12.7 Å². The van der Waals surface area contributed by atoms with Crippen molar-refractivity contribution in [2.75, 3.05) is 12.1 Å². The number of ether oxygens (including phenoxy) is 2. The molecule has 0 radical (unpaired) electrons. The van der Waals surface area contributed by atoms with Crippen LogP contribution in [0.25, 0.3) is 0 Å². The number of hydrogen-bond acceptors (Lipinski definition) is 3. The largest absolute Gasteiger partial charge is 0.454 e. The van der Waals surface area contributed by atoms with Gasteiger partial charge in [-0.1, -0.05) is 13.8 Å². The quantitative estimate of drug-likeness (QED) is 0.806. The van der Waals surface area contributed by atoms with Gasteiger partial charge in [-0.15, -0.1) is 0 Å². The Bertz CT molecular complexity index is 387. The number of rotatable bonds is 2. The van der Waals surface area contributed by atoms with Crippen LogP contribution in [0.4, 0.5) is 5.69 Å². The maximum Gasteiger partial charge on any atom is 0.231 e. The van der Waals surface area contributed by atoms with Crippen molar-refractivity contribution in [2.24, 2.45) is 5.92 Å². The van der Waals surface area contributed by atoms with Gasteiger partial charge in [-0.3, -0.25) is 4.79 Å². The van der Waals surface area contributed by atoms with E-state index < -0.39 is 0 Å². The zero-order chi connectivity index (χ0) is 10.8. The summed E-state index contributed by atoms with van der Waals surface area (Å²) in [7, 11) is 0. The van der Waals surface area contributed by atoms with E-state index in [9.17, 15) is 4.79 Å². The highest BCUT2D eigenvalue weighted by atomic mass is 16.7. The van der Waals surface area contributed by atoms with Crippen molar-refractivity contribution in [1.82, 2.24) is 0 Å². The molecule has 0 saturated heterocycles. The molecule has 1 heterocycles. The average molecular weight is 207 g/mol. The molecule has 4 nitrogen and oxygen atoms in total. The number of anilines is 1. The Morgan fingerprint density at radius 3 is 2.80 bits per heavy atom. The number of carbonyl (C=O) groups excluding carboxylic acids is 1. The number of hydrogen-bond donors (Lipinski definition) is 1. The fourth-order valence-electron chi connectivity index (χ4n) is 1.26. The topological polar surface area (TPSA) is 47.6 Å². The molecular formula is C11H13NO3. The van der Waals surface area contributed by atoms with E-state index in [-0.39, 0.29) is 18.6 Å². The molecule has 0 atom stereocenters. The second-order valence-corrected chi connectivity index (χ2v) is 3.71. The van der Waals surface area contributed by atoms with E-state index in [1.165, 1.54) is 0 Å². The van der Waals surface area contributed by atoms with Crippen molar-refractivity contribution >= 4 is 11.6 Å². The molecule has 1 aliphatic heterocycles. The normalized spacial score (nSPS) is 13.0. The van der Waals surface area contributed by atoms with E-state index in [4.69, 9.17) is 9.47 Å². The molecule has 0 saturated carbocycles. The summed E-state index contributed by atoms with van der Waals surface area (Å²) >= 11 is 0. The molecule has 0 fully saturated rings. The zero-order valence-electron chi connectivity index (χ0n) is 8.74. The van der Waals surface area contributed by atoms with Crippen LogP contribution in [0.3, 0.4) is 0 Å². The lowest BCUT2D eigenvalue weighted by atomic mass is 10.2. The van der Waals surface area contributed by atoms with Crippen LogP contribution in [0.1, 0.15) is 13.8 Å². The van der Waals surface area contributed by atoms with Crippen molar-refractivity contribution < 1.29 is 14.3 Å². The minimum atomic E-state index is -0.0320. The molecule has 0 spiro atoms. The minimum Gasteiger partial charge on any atom is -0.454 e. The van der Waals surface area contributed by atoms with E-state index >= 15 is 0 Å². The first-order chi connectivity index (χ1) is 7.16. The van der Waals surface area contributed by atoms with Crippen LogP contribution in [-0.2, 0) is 4.79 Å². The predicted octanol–water partition coefficient (Wildman–Crippen LogP) is 2.01. The van der Waals surface area contributed by atoms with Gasteiger partial charge in [0.05, 0.1) is 0 Å². The molecule has 1 aromatic carbocycles. The third-order valence-electron chi connectivity index (χ3n) is 2.16. The highest BCUT2D eigenvalue weighted by molar-refractivity contribution is 5.92. The summed E-state index contributed by atoms with van der Waals surface area (Å²) < 4.78 is 10.4. The Labute approximate surface area is 88.2 Å². The maximum atomic E-state index is 11.4. The highest BCUT2D eigenvalue weighted by Crippen LogP contribution is 2.34. The van der Waals surface area contributed by atoms with Gasteiger partial charge < -0.3 is 14.8 Å². The standard InChI is InChI=1S/C11H13NO3/c1-7(2)11(13)12-8-3-4-9-10(5-8)15-6-14-9/h3-5,7H,6H2,1-2H3,(H,12,13). The van der Waals surface area contributed by atoms with E-state index in [0.29, 0.717) is 5.75 Å². The smallest absolute Gasteiger partial charge is 0.231 e. The Balaban J connectivity index is 2.13. The van der Waals surface area contributed by atoms with Crippen LogP contribution < -0.4 is 14.8 Å². The average Bonchev–Trinajstić information content (AvgIpc) is 2.64. The third kappa shape index (κ3) is 2.03. The Morgan fingerprint density at radius 2 is 2.07 bits per heavy atom. The molecule has 1 amide bonds. The van der Waals surface area contributed by atoms with Gasteiger partial charge >= 0.3 is 0 Å². The van der Waals surface area contributed by atoms with Gasteiger partial charge in [-0.2, -0.15) is 0 Å². The summed E-state index contributed by atoms with van der Waals surface area (Å²) in [6, 6.07) is 5.36. The third-order valence-corrected chi connectivity index (χ3v) is 2.16. The molecule has 0 unspecified atom stereocenters. The number of carbonyl (C=O) groups is 1. The van der Waals surface area contributed by atoms with Crippen LogP contribution in [0.15, 0.2) is 18.2 Å². The minimum absolute atomic E-state index is 0.00568. The van der Waals surface area contributed by atoms with Crippen LogP contribution in [0.5, 0.6) is 11.5 Å². The summed E-state index contributed by atoms with van der Waals surface area (Å²) in [5, 5.41) is 2.80. The molecule has 1 aromatic rings. The van der Waals surface area contributed by atoms with E-state index in [1.54, 1.807) is 18.2 Å². The first kappa shape index (κ1) is 9.83. The Kier molecular flexibility index (Phi) is 2.49. The van der Waals surface area contributed by atoms with Gasteiger partial charge in [0.1, 0.15) is 0 Å². The monoisotopic (exact) mass is 207 g/mol. The van der Waals surface area contributed by atoms with Gasteiger partial charge in [0.25, 0.3) is 0 Å². The Hall–Kier alpha value is -1.71. The van der Waals surface area contributed by atoms with Crippen LogP contribution >= 0.6 is 0 Å². The molecule has 4 heteroatoms. The van der Waals surface area contributed by atoms with Crippen LogP contribution in [0, 0.1) is 5.92 Å². The molecule has 0 aromatic heterocycles. The lowest BCUT2D eigenvalue weighted by Crippen LogP contribution is -2.17. The highest BCUT2D eigenvalue weighted by Gasteiger charge is 2.14. The molecule has 2 rings (SSSR count). The fourth-order valence-corrected chi connectivity index (χ4v) is 1.26. The number of benzene rings is 1. The van der Waals surface area contributed by atoms with Crippen LogP contribution in [0.2, 0.25) is 0 Å². The van der Waals surface area contributed by atoms with Crippen molar-refractivity contribution in [3.05, 3.63) is 18.2 Å². The zero-order valence-corrected chi connectivity index (χ0v) is 8.74. The first-order valence-corrected chi connectivity index (χ1v) is 4.87. The predicted molar refractivity (Wildman–Crippen MR) is 56.0 cm³/mol. The summed E-state index contributed by atoms with van der Waals surface area (Å²) in [6.07, 6.45) is 0. The Morgan fingerprint density at radius 1 is 1.33 bits per heavy atom. The fraction of sp³-hybridized carbons (Fsp3) is 0.364. The molecule has 15 heavy (non-hydrogen) atoms.